The number of benzene rings is 2. The van der Waals surface area contributed by atoms with Crippen molar-refractivity contribution in [2.24, 2.45) is 5.92 Å². The van der Waals surface area contributed by atoms with Gasteiger partial charge in [0.15, 0.2) is 0 Å². The molecular formula is C24H30Cl3N3O4S. The monoisotopic (exact) mass is 561 g/mol. The number of amides is 2. The van der Waals surface area contributed by atoms with Crippen molar-refractivity contribution in [1.82, 2.24) is 10.2 Å². The maximum atomic E-state index is 13.6. The molecule has 1 atom stereocenters. The molecule has 2 rings (SSSR count). The summed E-state index contributed by atoms with van der Waals surface area (Å²) in [5, 5.41) is 3.45. The Kier molecular flexibility index (Phi) is 10.7. The zero-order valence-electron chi connectivity index (χ0n) is 20.1. The molecule has 0 aliphatic heterocycles. The molecule has 0 aliphatic rings. The van der Waals surface area contributed by atoms with Gasteiger partial charge in [-0.2, -0.15) is 0 Å². The Morgan fingerprint density at radius 2 is 1.63 bits per heavy atom. The molecule has 2 amide bonds. The quantitative estimate of drug-likeness (QED) is 0.418. The first-order chi connectivity index (χ1) is 16.4. The van der Waals surface area contributed by atoms with Crippen LogP contribution in [0.4, 0.5) is 5.69 Å². The van der Waals surface area contributed by atoms with E-state index in [1.54, 1.807) is 37.3 Å². The van der Waals surface area contributed by atoms with E-state index in [4.69, 9.17) is 34.8 Å². The van der Waals surface area contributed by atoms with Crippen LogP contribution >= 0.6 is 34.8 Å². The lowest BCUT2D eigenvalue weighted by Gasteiger charge is -2.33. The standard InChI is InChI=1S/C24H30Cl3N3O4S/c1-5-20(24(32)28-13-16(2)3)29(14-17-9-6-7-10-18(17)25)22(31)15-30(35(4,33)34)21-12-8-11-19(26)23(21)27/h6-12,16,20H,5,13-15H2,1-4H3,(H,28,32)/t20-/m1/s1. The minimum Gasteiger partial charge on any atom is -0.354 e. The van der Waals surface area contributed by atoms with E-state index in [1.165, 1.54) is 17.0 Å². The highest BCUT2D eigenvalue weighted by Crippen LogP contribution is 2.34. The van der Waals surface area contributed by atoms with Gasteiger partial charge in [0.05, 0.1) is 22.0 Å². The molecule has 0 aromatic heterocycles. The van der Waals surface area contributed by atoms with E-state index in [0.717, 1.165) is 10.6 Å². The number of sulfonamides is 1. The Balaban J connectivity index is 2.48. The van der Waals surface area contributed by atoms with Crippen LogP contribution in [0.1, 0.15) is 32.8 Å². The lowest BCUT2D eigenvalue weighted by molar-refractivity contribution is -0.140. The second-order valence-corrected chi connectivity index (χ2v) is 11.6. The normalized spacial score (nSPS) is 12.3. The molecule has 0 bridgehead atoms. The molecule has 11 heteroatoms. The fourth-order valence-electron chi connectivity index (χ4n) is 3.43. The number of rotatable bonds is 11. The molecule has 0 saturated heterocycles. The number of nitrogens with zero attached hydrogens (tertiary/aromatic N) is 2. The van der Waals surface area contributed by atoms with E-state index in [1.807, 2.05) is 13.8 Å². The Morgan fingerprint density at radius 1 is 1.00 bits per heavy atom. The summed E-state index contributed by atoms with van der Waals surface area (Å²) in [5.74, 6) is -0.693. The van der Waals surface area contributed by atoms with Crippen LogP contribution in [0.15, 0.2) is 42.5 Å². The Bertz CT molecular complexity index is 1160. The third kappa shape index (κ3) is 8.00. The largest absolute Gasteiger partial charge is 0.354 e. The van der Waals surface area contributed by atoms with E-state index >= 15 is 0 Å². The van der Waals surface area contributed by atoms with Gasteiger partial charge in [0, 0.05) is 18.1 Å². The molecule has 2 aromatic rings. The minimum absolute atomic E-state index is 0.00626. The van der Waals surface area contributed by atoms with Crippen LogP contribution in [0, 0.1) is 5.92 Å². The maximum absolute atomic E-state index is 13.6. The summed E-state index contributed by atoms with van der Waals surface area (Å²) in [6.45, 7) is 5.61. The number of carbonyl (C=O) groups is 2. The van der Waals surface area contributed by atoms with Gasteiger partial charge in [-0.15, -0.1) is 0 Å². The molecule has 7 nitrogen and oxygen atoms in total. The number of nitrogens with one attached hydrogen (secondary N) is 1. The molecule has 0 aliphatic carbocycles. The fraction of sp³-hybridized carbons (Fsp3) is 0.417. The average molecular weight is 563 g/mol. The topological polar surface area (TPSA) is 86.8 Å². The SMILES string of the molecule is CC[C@H](C(=O)NCC(C)C)N(Cc1ccccc1Cl)C(=O)CN(c1cccc(Cl)c1Cl)S(C)(=O)=O. The molecule has 2 aromatic carbocycles. The summed E-state index contributed by atoms with van der Waals surface area (Å²) >= 11 is 18.7. The zero-order chi connectivity index (χ0) is 26.3. The molecule has 1 N–H and O–H groups in total. The van der Waals surface area contributed by atoms with Crippen molar-refractivity contribution in [3.8, 4) is 0 Å². The second kappa shape index (κ2) is 12.8. The Labute approximate surface area is 222 Å². The highest BCUT2D eigenvalue weighted by atomic mass is 35.5. The van der Waals surface area contributed by atoms with Crippen molar-refractivity contribution in [3.05, 3.63) is 63.1 Å². The highest BCUT2D eigenvalue weighted by Gasteiger charge is 2.32. The molecule has 192 valence electrons. The van der Waals surface area contributed by atoms with Crippen molar-refractivity contribution in [1.29, 1.82) is 0 Å². The molecule has 0 saturated carbocycles. The third-order valence-electron chi connectivity index (χ3n) is 5.25. The Hall–Kier alpha value is -2.00. The number of hydrogen-bond acceptors (Lipinski definition) is 4. The van der Waals surface area contributed by atoms with Gasteiger partial charge < -0.3 is 10.2 Å². The minimum atomic E-state index is -3.92. The summed E-state index contributed by atoms with van der Waals surface area (Å²) in [7, 11) is -3.92. The molecule has 0 unspecified atom stereocenters. The van der Waals surface area contributed by atoms with Crippen molar-refractivity contribution < 1.29 is 18.0 Å². The number of halogens is 3. The van der Waals surface area contributed by atoms with E-state index in [9.17, 15) is 18.0 Å². The summed E-state index contributed by atoms with van der Waals surface area (Å²) < 4.78 is 26.2. The lowest BCUT2D eigenvalue weighted by atomic mass is 10.1. The fourth-order valence-corrected chi connectivity index (χ4v) is 4.93. The van der Waals surface area contributed by atoms with Crippen LogP contribution in [-0.4, -0.2) is 50.5 Å². The van der Waals surface area contributed by atoms with Crippen LogP contribution in [-0.2, 0) is 26.2 Å². The van der Waals surface area contributed by atoms with Crippen LogP contribution < -0.4 is 9.62 Å². The van der Waals surface area contributed by atoms with Crippen molar-refractivity contribution in [3.63, 3.8) is 0 Å². The van der Waals surface area contributed by atoms with Gasteiger partial charge >= 0.3 is 0 Å². The first kappa shape index (κ1) is 29.2. The second-order valence-electron chi connectivity index (χ2n) is 8.52. The van der Waals surface area contributed by atoms with Gasteiger partial charge in [0.2, 0.25) is 21.8 Å². The summed E-state index contributed by atoms with van der Waals surface area (Å²) in [4.78, 5) is 28.0. The molecular weight excluding hydrogens is 533 g/mol. The molecule has 35 heavy (non-hydrogen) atoms. The molecule has 0 spiro atoms. The van der Waals surface area contributed by atoms with E-state index in [2.05, 4.69) is 5.32 Å². The number of anilines is 1. The van der Waals surface area contributed by atoms with Crippen LogP contribution in [0.5, 0.6) is 0 Å². The maximum Gasteiger partial charge on any atom is 0.244 e. The average Bonchev–Trinajstić information content (AvgIpc) is 2.78. The lowest BCUT2D eigenvalue weighted by Crippen LogP contribution is -2.52. The van der Waals surface area contributed by atoms with Crippen LogP contribution in [0.25, 0.3) is 0 Å². The number of carbonyl (C=O) groups excluding carboxylic acids is 2. The van der Waals surface area contributed by atoms with Gasteiger partial charge in [0.25, 0.3) is 0 Å². The predicted octanol–water partition coefficient (Wildman–Crippen LogP) is 4.99. The predicted molar refractivity (Wildman–Crippen MR) is 143 cm³/mol. The van der Waals surface area contributed by atoms with E-state index in [0.29, 0.717) is 23.6 Å². The van der Waals surface area contributed by atoms with Gasteiger partial charge in [-0.05, 0) is 36.1 Å². The summed E-state index contributed by atoms with van der Waals surface area (Å²) in [6.07, 6.45) is 1.29. The smallest absolute Gasteiger partial charge is 0.244 e. The van der Waals surface area contributed by atoms with Crippen LogP contribution in [0.3, 0.4) is 0 Å². The number of hydrogen-bond donors (Lipinski definition) is 1. The summed E-state index contributed by atoms with van der Waals surface area (Å²) in [6, 6.07) is 10.7. The zero-order valence-corrected chi connectivity index (χ0v) is 23.2. The van der Waals surface area contributed by atoms with Gasteiger partial charge in [-0.25, -0.2) is 8.42 Å². The van der Waals surface area contributed by atoms with Crippen LogP contribution in [0.2, 0.25) is 15.1 Å². The van der Waals surface area contributed by atoms with Gasteiger partial charge in [0.1, 0.15) is 12.6 Å². The third-order valence-corrected chi connectivity index (χ3v) is 7.55. The van der Waals surface area contributed by atoms with Gasteiger partial charge in [-0.1, -0.05) is 79.8 Å². The van der Waals surface area contributed by atoms with Crippen molar-refractivity contribution in [2.45, 2.75) is 39.8 Å². The molecule has 0 radical (unpaired) electrons. The van der Waals surface area contributed by atoms with Gasteiger partial charge in [-0.3, -0.25) is 13.9 Å². The van der Waals surface area contributed by atoms with E-state index in [-0.39, 0.29) is 34.1 Å². The van der Waals surface area contributed by atoms with E-state index < -0.39 is 28.5 Å². The van der Waals surface area contributed by atoms with Crippen molar-refractivity contribution in [2.75, 3.05) is 23.7 Å². The first-order valence-corrected chi connectivity index (χ1v) is 14.1. The molecule has 0 heterocycles. The highest BCUT2D eigenvalue weighted by molar-refractivity contribution is 7.92. The Morgan fingerprint density at radius 3 is 2.20 bits per heavy atom. The summed E-state index contributed by atoms with van der Waals surface area (Å²) in [5.41, 5.74) is 0.703. The molecule has 0 fully saturated rings. The first-order valence-electron chi connectivity index (χ1n) is 11.1. The van der Waals surface area contributed by atoms with Crippen molar-refractivity contribution >= 4 is 62.3 Å².